The second kappa shape index (κ2) is 9.75. The summed E-state index contributed by atoms with van der Waals surface area (Å²) in [5.41, 5.74) is 5.48. The van der Waals surface area contributed by atoms with Crippen LogP contribution >= 0.6 is 0 Å². The Balaban J connectivity index is 1.45. The Labute approximate surface area is 198 Å². The molecule has 0 bridgehead atoms. The summed E-state index contributed by atoms with van der Waals surface area (Å²) in [6.45, 7) is 7.41. The zero-order valence-corrected chi connectivity index (χ0v) is 19.5. The molecule has 4 aromatic rings. The predicted molar refractivity (Wildman–Crippen MR) is 131 cm³/mol. The van der Waals surface area contributed by atoms with Crippen LogP contribution in [0.4, 0.5) is 0 Å². The summed E-state index contributed by atoms with van der Waals surface area (Å²) in [6.07, 6.45) is 0. The van der Waals surface area contributed by atoms with Crippen LogP contribution in [0.2, 0.25) is 0 Å². The van der Waals surface area contributed by atoms with E-state index in [0.717, 1.165) is 24.2 Å². The molecule has 1 saturated heterocycles. The predicted octanol–water partition coefficient (Wildman–Crippen LogP) is 4.31. The molecule has 2 aromatic heterocycles. The van der Waals surface area contributed by atoms with Crippen LogP contribution in [0.25, 0.3) is 22.4 Å². The van der Waals surface area contributed by atoms with E-state index in [-0.39, 0.29) is 11.9 Å². The summed E-state index contributed by atoms with van der Waals surface area (Å²) in [7, 11) is 0. The molecule has 1 unspecified atom stereocenters. The minimum absolute atomic E-state index is 0.0616. The smallest absolute Gasteiger partial charge is 0.259 e. The van der Waals surface area contributed by atoms with Gasteiger partial charge in [0.2, 0.25) is 0 Å². The number of nitrogens with zero attached hydrogens (tertiary/aromatic N) is 3. The zero-order valence-electron chi connectivity index (χ0n) is 19.5. The Morgan fingerprint density at radius 3 is 2.53 bits per heavy atom. The highest BCUT2D eigenvalue weighted by Crippen LogP contribution is 2.28. The van der Waals surface area contributed by atoms with Gasteiger partial charge in [-0.25, -0.2) is 4.98 Å². The van der Waals surface area contributed by atoms with Crippen molar-refractivity contribution < 1.29 is 14.1 Å². The third kappa shape index (κ3) is 4.58. The minimum atomic E-state index is -0.166. The van der Waals surface area contributed by atoms with E-state index in [1.807, 2.05) is 62.4 Å². The van der Waals surface area contributed by atoms with E-state index in [0.29, 0.717) is 47.8 Å². The van der Waals surface area contributed by atoms with Gasteiger partial charge in [-0.1, -0.05) is 65.3 Å². The molecule has 0 saturated carbocycles. The molecule has 5 rings (SSSR count). The molecular weight excluding hydrogens is 428 g/mol. The summed E-state index contributed by atoms with van der Waals surface area (Å²) >= 11 is 0. The number of fused-ring (bicyclic) bond motifs is 1. The number of rotatable bonds is 6. The molecule has 7 nitrogen and oxygen atoms in total. The third-order valence-electron chi connectivity index (χ3n) is 6.34. The number of carbonyl (C=O) groups excluding carboxylic acids is 1. The Kier molecular flexibility index (Phi) is 6.38. The van der Waals surface area contributed by atoms with E-state index >= 15 is 0 Å². The van der Waals surface area contributed by atoms with Crippen molar-refractivity contribution in [1.82, 2.24) is 20.4 Å². The van der Waals surface area contributed by atoms with Gasteiger partial charge in [-0.2, -0.15) is 0 Å². The maximum absolute atomic E-state index is 13.5. The molecule has 0 spiro atoms. The topological polar surface area (TPSA) is 80.5 Å². The molecule has 1 amide bonds. The summed E-state index contributed by atoms with van der Waals surface area (Å²) in [5.74, 6) is -0.166. The molecule has 1 aliphatic heterocycles. The first kappa shape index (κ1) is 22.3. The number of aryl methyl sites for hydroxylation is 2. The number of aromatic nitrogens is 2. The van der Waals surface area contributed by atoms with Gasteiger partial charge in [0.15, 0.2) is 0 Å². The van der Waals surface area contributed by atoms with Gasteiger partial charge >= 0.3 is 0 Å². The van der Waals surface area contributed by atoms with E-state index in [2.05, 4.69) is 32.5 Å². The monoisotopic (exact) mass is 456 g/mol. The lowest BCUT2D eigenvalue weighted by atomic mass is 10.0. The molecule has 2 aromatic carbocycles. The van der Waals surface area contributed by atoms with E-state index in [1.165, 1.54) is 5.56 Å². The second-order valence-electron chi connectivity index (χ2n) is 8.65. The number of ether oxygens (including phenoxy) is 1. The van der Waals surface area contributed by atoms with Gasteiger partial charge in [0.25, 0.3) is 11.6 Å². The number of pyridine rings is 1. The largest absolute Gasteiger partial charge is 0.379 e. The van der Waals surface area contributed by atoms with E-state index in [9.17, 15) is 4.79 Å². The van der Waals surface area contributed by atoms with Gasteiger partial charge < -0.3 is 14.6 Å². The zero-order chi connectivity index (χ0) is 23.5. The molecule has 1 atom stereocenters. The van der Waals surface area contributed by atoms with Crippen LogP contribution in [0.15, 0.2) is 65.2 Å². The first-order chi connectivity index (χ1) is 16.6. The molecule has 0 radical (unpaired) electrons. The Morgan fingerprint density at radius 2 is 1.79 bits per heavy atom. The van der Waals surface area contributed by atoms with Gasteiger partial charge in [-0.05, 0) is 25.5 Å². The van der Waals surface area contributed by atoms with Gasteiger partial charge in [0.05, 0.1) is 41.6 Å². The normalized spacial score (nSPS) is 15.4. The van der Waals surface area contributed by atoms with Gasteiger partial charge in [0, 0.05) is 25.2 Å². The minimum Gasteiger partial charge on any atom is -0.379 e. The van der Waals surface area contributed by atoms with Crippen LogP contribution in [-0.2, 0) is 4.74 Å². The maximum atomic E-state index is 13.5. The molecule has 1 fully saturated rings. The summed E-state index contributed by atoms with van der Waals surface area (Å²) in [6, 6.07) is 20.2. The summed E-state index contributed by atoms with van der Waals surface area (Å²) < 4.78 is 11.0. The van der Waals surface area contributed by atoms with Crippen molar-refractivity contribution in [2.45, 2.75) is 19.9 Å². The highest BCUT2D eigenvalue weighted by molar-refractivity contribution is 6.07. The van der Waals surface area contributed by atoms with Crippen molar-refractivity contribution in [3.63, 3.8) is 0 Å². The van der Waals surface area contributed by atoms with Gasteiger partial charge in [0.1, 0.15) is 0 Å². The highest BCUT2D eigenvalue weighted by Gasteiger charge is 2.25. The van der Waals surface area contributed by atoms with Crippen LogP contribution in [-0.4, -0.2) is 53.8 Å². The van der Waals surface area contributed by atoms with E-state index in [1.54, 1.807) is 0 Å². The number of nitrogens with one attached hydrogen (secondary N) is 1. The van der Waals surface area contributed by atoms with E-state index < -0.39 is 0 Å². The van der Waals surface area contributed by atoms with Crippen molar-refractivity contribution >= 4 is 17.0 Å². The van der Waals surface area contributed by atoms with E-state index in [4.69, 9.17) is 9.26 Å². The summed E-state index contributed by atoms with van der Waals surface area (Å²) in [4.78, 5) is 20.5. The van der Waals surface area contributed by atoms with Gasteiger partial charge in [-0.15, -0.1) is 0 Å². The molecule has 34 heavy (non-hydrogen) atoms. The lowest BCUT2D eigenvalue weighted by Gasteiger charge is -2.35. The molecule has 1 aliphatic rings. The van der Waals surface area contributed by atoms with Crippen molar-refractivity contribution in [2.75, 3.05) is 32.8 Å². The second-order valence-corrected chi connectivity index (χ2v) is 8.65. The van der Waals surface area contributed by atoms with Crippen LogP contribution in [0.1, 0.15) is 33.2 Å². The van der Waals surface area contributed by atoms with Crippen molar-refractivity contribution in [1.29, 1.82) is 0 Å². The van der Waals surface area contributed by atoms with Gasteiger partial charge in [-0.3, -0.25) is 9.69 Å². The number of carbonyl (C=O) groups is 1. The molecule has 174 valence electrons. The fourth-order valence-corrected chi connectivity index (χ4v) is 4.45. The summed E-state index contributed by atoms with van der Waals surface area (Å²) in [5, 5.41) is 7.89. The fraction of sp³-hybridized carbons (Fsp3) is 0.296. The van der Waals surface area contributed by atoms with Crippen LogP contribution in [0.5, 0.6) is 0 Å². The molecule has 3 heterocycles. The first-order valence-electron chi connectivity index (χ1n) is 11.6. The SMILES string of the molecule is Cc1ccc(-c2cc(C(=O)NCC(c3ccccc3)N3CCOCC3)c3c(C)noc3n2)cc1. The average molecular weight is 457 g/mol. The number of hydrogen-bond acceptors (Lipinski definition) is 6. The van der Waals surface area contributed by atoms with Crippen molar-refractivity contribution in [3.05, 3.63) is 83.0 Å². The molecule has 0 aliphatic carbocycles. The van der Waals surface area contributed by atoms with Crippen molar-refractivity contribution in [3.8, 4) is 11.3 Å². The third-order valence-corrected chi connectivity index (χ3v) is 6.34. The lowest BCUT2D eigenvalue weighted by Crippen LogP contribution is -2.43. The molecular formula is C27H28N4O3. The first-order valence-corrected chi connectivity index (χ1v) is 11.6. The van der Waals surface area contributed by atoms with Crippen LogP contribution in [0, 0.1) is 13.8 Å². The average Bonchev–Trinajstić information content (AvgIpc) is 3.26. The number of amides is 1. The number of hydrogen-bond donors (Lipinski definition) is 1. The lowest BCUT2D eigenvalue weighted by molar-refractivity contribution is 0.0162. The maximum Gasteiger partial charge on any atom is 0.259 e. The molecule has 7 heteroatoms. The fourth-order valence-electron chi connectivity index (χ4n) is 4.45. The van der Waals surface area contributed by atoms with Crippen molar-refractivity contribution in [2.24, 2.45) is 0 Å². The quantitative estimate of drug-likeness (QED) is 0.466. The standard InChI is InChI=1S/C27H28N4O3/c1-18-8-10-20(11-9-18)23-16-22(25-19(2)30-34-27(25)29-23)26(32)28-17-24(21-6-4-3-5-7-21)31-12-14-33-15-13-31/h3-11,16,24H,12-15,17H2,1-2H3,(H,28,32). The molecule has 1 N–H and O–H groups in total. The number of benzene rings is 2. The number of morpholine rings is 1. The van der Waals surface area contributed by atoms with Crippen LogP contribution < -0.4 is 5.32 Å². The Bertz CT molecular complexity index is 1280. The highest BCUT2D eigenvalue weighted by atomic mass is 16.5. The Hall–Kier alpha value is -3.55. The van der Waals surface area contributed by atoms with Crippen LogP contribution in [0.3, 0.4) is 0 Å². The Morgan fingerprint density at radius 1 is 1.06 bits per heavy atom.